The monoisotopic (exact) mass is 266 g/mol. The van der Waals surface area contributed by atoms with Crippen molar-refractivity contribution in [2.45, 2.75) is 89.6 Å². The number of hydrogen-bond acceptors (Lipinski definition) is 0. The van der Waals surface area contributed by atoms with Crippen LogP contribution in [-0.2, 0) is 0 Å². The van der Waals surface area contributed by atoms with Crippen molar-refractivity contribution in [3.05, 3.63) is 0 Å². The second-order valence-electron chi connectivity index (χ2n) is 7.55. The molecule has 3 atom stereocenters. The van der Waals surface area contributed by atoms with Crippen molar-refractivity contribution in [1.29, 1.82) is 0 Å². The summed E-state index contributed by atoms with van der Waals surface area (Å²) in [7, 11) is 0. The predicted molar refractivity (Wildman–Crippen MR) is 78.9 cm³/mol. The largest absolute Gasteiger partial charge is 0.247 e. The molecule has 0 radical (unpaired) electrons. The van der Waals surface area contributed by atoms with E-state index in [1.165, 1.54) is 77.0 Å². The number of rotatable bonds is 2. The lowest BCUT2D eigenvalue weighted by molar-refractivity contribution is 0.0420. The molecular formula is C18H31F. The number of hydrogen-bond donors (Lipinski definition) is 0. The van der Waals surface area contributed by atoms with Crippen molar-refractivity contribution < 1.29 is 4.39 Å². The van der Waals surface area contributed by atoms with E-state index in [0.717, 1.165) is 24.2 Å². The molecule has 0 saturated heterocycles. The Kier molecular flexibility index (Phi) is 4.82. The van der Waals surface area contributed by atoms with Crippen LogP contribution in [0.5, 0.6) is 0 Å². The van der Waals surface area contributed by atoms with Gasteiger partial charge in [-0.05, 0) is 42.9 Å². The quantitative estimate of drug-likeness (QED) is 0.583. The van der Waals surface area contributed by atoms with E-state index in [0.29, 0.717) is 5.92 Å². The average Bonchev–Trinajstić information content (AvgIpc) is 2.49. The van der Waals surface area contributed by atoms with Gasteiger partial charge in [0.2, 0.25) is 0 Å². The molecule has 110 valence electrons. The van der Waals surface area contributed by atoms with Gasteiger partial charge in [0.25, 0.3) is 0 Å². The predicted octanol–water partition coefficient (Wildman–Crippen LogP) is 5.90. The third kappa shape index (κ3) is 3.34. The second kappa shape index (κ2) is 6.59. The van der Waals surface area contributed by atoms with E-state index in [4.69, 9.17) is 0 Å². The number of halogens is 1. The van der Waals surface area contributed by atoms with Gasteiger partial charge < -0.3 is 0 Å². The van der Waals surface area contributed by atoms with E-state index in [1.54, 1.807) is 0 Å². The zero-order valence-corrected chi connectivity index (χ0v) is 12.5. The van der Waals surface area contributed by atoms with Gasteiger partial charge in [-0.3, -0.25) is 0 Å². The van der Waals surface area contributed by atoms with Gasteiger partial charge in [-0.1, -0.05) is 64.2 Å². The molecule has 3 aliphatic carbocycles. The fraction of sp³-hybridized carbons (Fsp3) is 1.00. The molecule has 0 aliphatic heterocycles. The first kappa shape index (κ1) is 13.9. The standard InChI is InChI=1S/C18H31F/c19-18-13-16(14-7-3-1-4-8-14)11-12-17(18)15-9-5-2-6-10-15/h14-18H,1-13H2. The Hall–Kier alpha value is -0.0700. The summed E-state index contributed by atoms with van der Waals surface area (Å²) in [6, 6.07) is 0. The zero-order valence-electron chi connectivity index (χ0n) is 12.5. The Morgan fingerprint density at radius 2 is 1.11 bits per heavy atom. The SMILES string of the molecule is FC1CC(C2CCCCC2)CCC1C1CCCCC1. The van der Waals surface area contributed by atoms with E-state index in [1.807, 2.05) is 0 Å². The van der Waals surface area contributed by atoms with Crippen LogP contribution in [0.15, 0.2) is 0 Å². The molecule has 0 nitrogen and oxygen atoms in total. The molecule has 3 unspecified atom stereocenters. The van der Waals surface area contributed by atoms with Gasteiger partial charge in [0, 0.05) is 0 Å². The van der Waals surface area contributed by atoms with Crippen LogP contribution in [0.3, 0.4) is 0 Å². The molecular weight excluding hydrogens is 235 g/mol. The molecule has 3 rings (SSSR count). The normalized spacial score (nSPS) is 39.3. The highest BCUT2D eigenvalue weighted by Crippen LogP contribution is 2.45. The van der Waals surface area contributed by atoms with E-state index < -0.39 is 6.17 Å². The van der Waals surface area contributed by atoms with Gasteiger partial charge >= 0.3 is 0 Å². The molecule has 3 aliphatic rings. The molecule has 3 saturated carbocycles. The van der Waals surface area contributed by atoms with E-state index >= 15 is 0 Å². The summed E-state index contributed by atoms with van der Waals surface area (Å²) in [5.41, 5.74) is 0. The fourth-order valence-corrected chi connectivity index (χ4v) is 5.30. The van der Waals surface area contributed by atoms with E-state index in [9.17, 15) is 4.39 Å². The Labute approximate surface area is 118 Å². The second-order valence-corrected chi connectivity index (χ2v) is 7.55. The molecule has 0 amide bonds. The Morgan fingerprint density at radius 1 is 0.526 bits per heavy atom. The van der Waals surface area contributed by atoms with Crippen molar-refractivity contribution in [1.82, 2.24) is 0 Å². The van der Waals surface area contributed by atoms with Gasteiger partial charge in [0.05, 0.1) is 0 Å². The maximum absolute atomic E-state index is 14.6. The Balaban J connectivity index is 1.52. The van der Waals surface area contributed by atoms with Crippen molar-refractivity contribution in [3.8, 4) is 0 Å². The van der Waals surface area contributed by atoms with Crippen molar-refractivity contribution in [2.75, 3.05) is 0 Å². The van der Waals surface area contributed by atoms with Crippen LogP contribution in [0.1, 0.15) is 83.5 Å². The molecule has 0 aromatic carbocycles. The fourth-order valence-electron chi connectivity index (χ4n) is 5.30. The first-order valence-corrected chi connectivity index (χ1v) is 8.98. The van der Waals surface area contributed by atoms with Gasteiger partial charge in [-0.25, -0.2) is 4.39 Å². The van der Waals surface area contributed by atoms with Crippen molar-refractivity contribution in [3.63, 3.8) is 0 Å². The van der Waals surface area contributed by atoms with E-state index in [-0.39, 0.29) is 0 Å². The lowest BCUT2D eigenvalue weighted by Gasteiger charge is -2.41. The topological polar surface area (TPSA) is 0 Å². The average molecular weight is 266 g/mol. The van der Waals surface area contributed by atoms with Crippen LogP contribution in [0.25, 0.3) is 0 Å². The van der Waals surface area contributed by atoms with Gasteiger partial charge in [0.1, 0.15) is 6.17 Å². The van der Waals surface area contributed by atoms with Crippen LogP contribution in [0, 0.1) is 23.7 Å². The molecule has 19 heavy (non-hydrogen) atoms. The van der Waals surface area contributed by atoms with Gasteiger partial charge in [-0.2, -0.15) is 0 Å². The third-order valence-corrected chi connectivity index (χ3v) is 6.44. The minimum Gasteiger partial charge on any atom is -0.247 e. The molecule has 0 aromatic rings. The van der Waals surface area contributed by atoms with Crippen LogP contribution in [-0.4, -0.2) is 6.17 Å². The molecule has 0 bridgehead atoms. The summed E-state index contributed by atoms with van der Waals surface area (Å²) < 4.78 is 14.6. The molecule has 0 heterocycles. The van der Waals surface area contributed by atoms with Gasteiger partial charge in [-0.15, -0.1) is 0 Å². The maximum Gasteiger partial charge on any atom is 0.103 e. The molecule has 1 heteroatoms. The number of alkyl halides is 1. The van der Waals surface area contributed by atoms with E-state index in [2.05, 4.69) is 0 Å². The first-order valence-electron chi connectivity index (χ1n) is 8.98. The molecule has 0 aromatic heterocycles. The van der Waals surface area contributed by atoms with Crippen LogP contribution in [0.2, 0.25) is 0 Å². The van der Waals surface area contributed by atoms with Crippen LogP contribution >= 0.6 is 0 Å². The highest BCUT2D eigenvalue weighted by Gasteiger charge is 2.38. The van der Waals surface area contributed by atoms with Crippen LogP contribution in [0.4, 0.5) is 4.39 Å². The summed E-state index contributed by atoms with van der Waals surface area (Å²) in [5, 5.41) is 0. The smallest absolute Gasteiger partial charge is 0.103 e. The van der Waals surface area contributed by atoms with Crippen molar-refractivity contribution >= 4 is 0 Å². The third-order valence-electron chi connectivity index (χ3n) is 6.44. The molecule has 0 spiro atoms. The minimum absolute atomic E-state index is 0.431. The summed E-state index contributed by atoms with van der Waals surface area (Å²) in [6.07, 6.45) is 16.8. The summed E-state index contributed by atoms with van der Waals surface area (Å²) in [4.78, 5) is 0. The Morgan fingerprint density at radius 3 is 1.68 bits per heavy atom. The summed E-state index contributed by atoms with van der Waals surface area (Å²) in [5.74, 6) is 2.77. The lowest BCUT2D eigenvalue weighted by atomic mass is 9.66. The maximum atomic E-state index is 14.6. The van der Waals surface area contributed by atoms with Crippen LogP contribution < -0.4 is 0 Å². The summed E-state index contributed by atoms with van der Waals surface area (Å²) in [6.45, 7) is 0. The molecule has 3 fully saturated rings. The highest BCUT2D eigenvalue weighted by molar-refractivity contribution is 4.88. The summed E-state index contributed by atoms with van der Waals surface area (Å²) >= 11 is 0. The van der Waals surface area contributed by atoms with Crippen molar-refractivity contribution in [2.24, 2.45) is 23.7 Å². The Bertz CT molecular complexity index is 263. The zero-order chi connectivity index (χ0) is 13.1. The highest BCUT2D eigenvalue weighted by atomic mass is 19.1. The van der Waals surface area contributed by atoms with Gasteiger partial charge in [0.15, 0.2) is 0 Å². The molecule has 0 N–H and O–H groups in total. The lowest BCUT2D eigenvalue weighted by Crippen LogP contribution is -2.35. The minimum atomic E-state index is -0.469. The first-order chi connectivity index (χ1) is 9.34.